The smallest absolute Gasteiger partial charge is 0.240 e. The van der Waals surface area contributed by atoms with E-state index in [1.54, 1.807) is 30.5 Å². The fourth-order valence-corrected chi connectivity index (χ4v) is 4.22. The van der Waals surface area contributed by atoms with E-state index in [4.69, 9.17) is 5.26 Å². The predicted molar refractivity (Wildman–Crippen MR) is 99.3 cm³/mol. The number of sulfonamides is 1. The third-order valence-electron chi connectivity index (χ3n) is 3.65. The van der Waals surface area contributed by atoms with Crippen LogP contribution in [0.5, 0.6) is 0 Å². The molecule has 0 fully saturated rings. The van der Waals surface area contributed by atoms with Crippen LogP contribution in [0.2, 0.25) is 0 Å². The van der Waals surface area contributed by atoms with Gasteiger partial charge < -0.3 is 4.98 Å². The van der Waals surface area contributed by atoms with E-state index in [0.29, 0.717) is 33.3 Å². The number of hydrogen-bond donors (Lipinski definition) is 2. The van der Waals surface area contributed by atoms with Gasteiger partial charge in [0.2, 0.25) is 10.0 Å². The first-order valence-corrected chi connectivity index (χ1v) is 10.4. The SMILES string of the molecule is CCCCNS(=O)(=O)c1ccc2nc(Sc3ncccc3C#N)[nH]c2c1. The number of unbranched alkanes of at least 4 members (excludes halogenated alkanes) is 1. The lowest BCUT2D eigenvalue weighted by atomic mass is 10.3. The zero-order valence-corrected chi connectivity index (χ0v) is 15.7. The Kier molecular flexibility index (Phi) is 5.56. The third-order valence-corrected chi connectivity index (χ3v) is 6.01. The molecule has 2 aromatic heterocycles. The molecule has 134 valence electrons. The maximum atomic E-state index is 12.3. The van der Waals surface area contributed by atoms with Gasteiger partial charge in [-0.2, -0.15) is 5.26 Å². The molecule has 3 rings (SSSR count). The quantitative estimate of drug-likeness (QED) is 0.603. The highest BCUT2D eigenvalue weighted by atomic mass is 32.2. The molecule has 0 saturated carbocycles. The number of nitriles is 1. The summed E-state index contributed by atoms with van der Waals surface area (Å²) >= 11 is 1.23. The first-order valence-electron chi connectivity index (χ1n) is 8.06. The highest BCUT2D eigenvalue weighted by Gasteiger charge is 2.16. The second-order valence-electron chi connectivity index (χ2n) is 5.54. The zero-order valence-electron chi connectivity index (χ0n) is 14.1. The molecule has 7 nitrogen and oxygen atoms in total. The number of nitrogens with one attached hydrogen (secondary N) is 2. The van der Waals surface area contributed by atoms with Gasteiger partial charge in [0.25, 0.3) is 0 Å². The summed E-state index contributed by atoms with van der Waals surface area (Å²) in [4.78, 5) is 11.9. The lowest BCUT2D eigenvalue weighted by Crippen LogP contribution is -2.24. The Morgan fingerprint density at radius 3 is 2.96 bits per heavy atom. The summed E-state index contributed by atoms with van der Waals surface area (Å²) in [6, 6.07) is 10.2. The standard InChI is InChI=1S/C17H17N5O2S2/c1-2-3-9-20-26(23,24)13-6-7-14-15(10-13)22-17(21-14)25-16-12(11-18)5-4-8-19-16/h4-8,10,20H,2-3,9H2,1H3,(H,21,22). The molecule has 0 bridgehead atoms. The number of nitrogens with zero attached hydrogens (tertiary/aromatic N) is 3. The predicted octanol–water partition coefficient (Wildman–Crippen LogP) is 3.06. The summed E-state index contributed by atoms with van der Waals surface area (Å²) in [5, 5.41) is 10.2. The monoisotopic (exact) mass is 387 g/mol. The summed E-state index contributed by atoms with van der Waals surface area (Å²) in [5.74, 6) is 0. The average Bonchev–Trinajstić information content (AvgIpc) is 3.03. The molecule has 2 N–H and O–H groups in total. The second-order valence-corrected chi connectivity index (χ2v) is 8.29. The van der Waals surface area contributed by atoms with Gasteiger partial charge in [-0.25, -0.2) is 23.1 Å². The van der Waals surface area contributed by atoms with Crippen LogP contribution in [0.25, 0.3) is 11.0 Å². The molecule has 0 aliphatic carbocycles. The number of benzene rings is 1. The van der Waals surface area contributed by atoms with Crippen LogP contribution >= 0.6 is 11.8 Å². The minimum atomic E-state index is -3.54. The van der Waals surface area contributed by atoms with E-state index in [-0.39, 0.29) is 4.90 Å². The Balaban J connectivity index is 1.87. The average molecular weight is 387 g/mol. The van der Waals surface area contributed by atoms with Gasteiger partial charge in [-0.1, -0.05) is 13.3 Å². The van der Waals surface area contributed by atoms with Crippen LogP contribution in [-0.2, 0) is 10.0 Å². The van der Waals surface area contributed by atoms with Crippen molar-refractivity contribution in [1.82, 2.24) is 19.7 Å². The fraction of sp³-hybridized carbons (Fsp3) is 0.235. The van der Waals surface area contributed by atoms with E-state index in [2.05, 4.69) is 25.7 Å². The summed E-state index contributed by atoms with van der Waals surface area (Å²) in [7, 11) is -3.54. The highest BCUT2D eigenvalue weighted by Crippen LogP contribution is 2.28. The van der Waals surface area contributed by atoms with Gasteiger partial charge in [-0.15, -0.1) is 0 Å². The first-order chi connectivity index (χ1) is 12.5. The second kappa shape index (κ2) is 7.86. The molecule has 0 amide bonds. The van der Waals surface area contributed by atoms with Crippen molar-refractivity contribution >= 4 is 32.8 Å². The lowest BCUT2D eigenvalue weighted by molar-refractivity contribution is 0.578. The van der Waals surface area contributed by atoms with Crippen molar-refractivity contribution < 1.29 is 8.42 Å². The van der Waals surface area contributed by atoms with Crippen molar-refractivity contribution in [3.05, 3.63) is 42.1 Å². The van der Waals surface area contributed by atoms with Crippen LogP contribution in [0.1, 0.15) is 25.3 Å². The Bertz CT molecular complexity index is 1070. The number of H-pyrrole nitrogens is 1. The molecule has 0 unspecified atom stereocenters. The van der Waals surface area contributed by atoms with Crippen molar-refractivity contribution in [3.63, 3.8) is 0 Å². The Labute approximate surface area is 155 Å². The van der Waals surface area contributed by atoms with Crippen LogP contribution < -0.4 is 4.72 Å². The molecule has 1 aromatic carbocycles. The van der Waals surface area contributed by atoms with Crippen LogP contribution in [-0.4, -0.2) is 29.9 Å². The first kappa shape index (κ1) is 18.4. The van der Waals surface area contributed by atoms with Crippen molar-refractivity contribution in [2.24, 2.45) is 0 Å². The molecule has 0 spiro atoms. The van der Waals surface area contributed by atoms with E-state index in [1.807, 2.05) is 6.92 Å². The van der Waals surface area contributed by atoms with Gasteiger partial charge in [0.15, 0.2) is 5.16 Å². The molecule has 0 aliphatic rings. The highest BCUT2D eigenvalue weighted by molar-refractivity contribution is 7.99. The maximum absolute atomic E-state index is 12.3. The summed E-state index contributed by atoms with van der Waals surface area (Å²) in [6.07, 6.45) is 3.32. The summed E-state index contributed by atoms with van der Waals surface area (Å²) in [5.41, 5.74) is 1.72. The third kappa shape index (κ3) is 4.04. The van der Waals surface area contributed by atoms with E-state index < -0.39 is 10.0 Å². The molecule has 0 atom stereocenters. The van der Waals surface area contributed by atoms with Gasteiger partial charge in [0, 0.05) is 12.7 Å². The van der Waals surface area contributed by atoms with Gasteiger partial charge in [-0.3, -0.25) is 0 Å². The molecular weight excluding hydrogens is 370 g/mol. The van der Waals surface area contributed by atoms with E-state index in [1.165, 1.54) is 17.8 Å². The number of aromatic nitrogens is 3. The van der Waals surface area contributed by atoms with Crippen LogP contribution in [0.4, 0.5) is 0 Å². The van der Waals surface area contributed by atoms with Crippen molar-refractivity contribution in [2.75, 3.05) is 6.54 Å². The topological polar surface area (TPSA) is 112 Å². The molecule has 0 radical (unpaired) electrons. The Morgan fingerprint density at radius 1 is 1.35 bits per heavy atom. The van der Waals surface area contributed by atoms with Gasteiger partial charge in [0.1, 0.15) is 11.1 Å². The van der Waals surface area contributed by atoms with Gasteiger partial charge in [0.05, 0.1) is 21.5 Å². The van der Waals surface area contributed by atoms with Gasteiger partial charge >= 0.3 is 0 Å². The van der Waals surface area contributed by atoms with Crippen molar-refractivity contribution in [3.8, 4) is 6.07 Å². The number of pyridine rings is 1. The summed E-state index contributed by atoms with van der Waals surface area (Å²) < 4.78 is 27.3. The largest absolute Gasteiger partial charge is 0.333 e. The fourth-order valence-electron chi connectivity index (χ4n) is 2.30. The van der Waals surface area contributed by atoms with E-state index >= 15 is 0 Å². The minimum Gasteiger partial charge on any atom is -0.333 e. The molecule has 26 heavy (non-hydrogen) atoms. The Hall–Kier alpha value is -2.41. The molecular formula is C17H17N5O2S2. The number of hydrogen-bond acceptors (Lipinski definition) is 6. The van der Waals surface area contributed by atoms with E-state index in [0.717, 1.165) is 12.8 Å². The minimum absolute atomic E-state index is 0.192. The Morgan fingerprint density at radius 2 is 2.19 bits per heavy atom. The summed E-state index contributed by atoms with van der Waals surface area (Å²) in [6.45, 7) is 2.42. The normalized spacial score (nSPS) is 11.5. The lowest BCUT2D eigenvalue weighted by Gasteiger charge is -2.05. The van der Waals surface area contributed by atoms with Crippen LogP contribution in [0, 0.1) is 11.3 Å². The van der Waals surface area contributed by atoms with Crippen molar-refractivity contribution in [1.29, 1.82) is 5.26 Å². The van der Waals surface area contributed by atoms with Crippen LogP contribution in [0.15, 0.2) is 51.6 Å². The molecule has 2 heterocycles. The molecule has 9 heteroatoms. The number of rotatable bonds is 7. The van der Waals surface area contributed by atoms with E-state index in [9.17, 15) is 8.42 Å². The number of fused-ring (bicyclic) bond motifs is 1. The molecule has 0 saturated heterocycles. The molecule has 0 aliphatic heterocycles. The van der Waals surface area contributed by atoms with Gasteiger partial charge in [-0.05, 0) is 48.5 Å². The zero-order chi connectivity index (χ0) is 18.6. The number of aromatic amines is 1. The number of imidazole rings is 1. The van der Waals surface area contributed by atoms with Crippen molar-refractivity contribution in [2.45, 2.75) is 34.8 Å². The van der Waals surface area contributed by atoms with Crippen LogP contribution in [0.3, 0.4) is 0 Å². The molecule has 3 aromatic rings. The maximum Gasteiger partial charge on any atom is 0.240 e.